The van der Waals surface area contributed by atoms with Gasteiger partial charge in [-0.15, -0.1) is 0 Å². The molecule has 1 atom stereocenters. The SMILES string of the molecule is CC.CC1C=C2CCC(=CCCN1C(=O)/C(C#N)=C/C1(C)COC1)CC2. The highest BCUT2D eigenvalue weighted by atomic mass is 16.5. The van der Waals surface area contributed by atoms with Crippen molar-refractivity contribution < 1.29 is 9.53 Å². The molecule has 1 saturated carbocycles. The summed E-state index contributed by atoms with van der Waals surface area (Å²) >= 11 is 0. The van der Waals surface area contributed by atoms with Gasteiger partial charge in [0.15, 0.2) is 0 Å². The molecule has 0 aromatic carbocycles. The molecule has 2 fully saturated rings. The minimum absolute atomic E-state index is 0.0303. The molecule has 142 valence electrons. The molecule has 2 bridgehead atoms. The summed E-state index contributed by atoms with van der Waals surface area (Å²) in [4.78, 5) is 14.8. The summed E-state index contributed by atoms with van der Waals surface area (Å²) in [5, 5.41) is 9.49. The molecule has 4 nitrogen and oxygen atoms in total. The van der Waals surface area contributed by atoms with Gasteiger partial charge in [-0.2, -0.15) is 5.26 Å². The minimum atomic E-state index is -0.180. The first-order valence-corrected chi connectivity index (χ1v) is 9.90. The van der Waals surface area contributed by atoms with Crippen molar-refractivity contribution in [3.8, 4) is 6.07 Å². The van der Waals surface area contributed by atoms with Crippen molar-refractivity contribution in [2.24, 2.45) is 5.41 Å². The molecular formula is C22H32N2O2. The molecule has 0 aromatic rings. The molecule has 0 radical (unpaired) electrons. The molecule has 26 heavy (non-hydrogen) atoms. The third kappa shape index (κ3) is 4.86. The number of fused-ring (bicyclic) bond motifs is 7. The van der Waals surface area contributed by atoms with Gasteiger partial charge < -0.3 is 9.64 Å². The number of allylic oxidation sites excluding steroid dienone is 2. The molecule has 4 aliphatic rings. The third-order valence-corrected chi connectivity index (χ3v) is 5.27. The molecule has 1 aliphatic carbocycles. The first-order valence-electron chi connectivity index (χ1n) is 9.90. The Morgan fingerprint density at radius 2 is 1.88 bits per heavy atom. The average Bonchev–Trinajstić information content (AvgIpc) is 2.64. The summed E-state index contributed by atoms with van der Waals surface area (Å²) in [6, 6.07) is 2.15. The lowest BCUT2D eigenvalue weighted by molar-refractivity contribution is -0.128. The molecule has 4 rings (SSSR count). The van der Waals surface area contributed by atoms with Crippen LogP contribution in [0.3, 0.4) is 0 Å². The lowest BCUT2D eigenvalue weighted by Crippen LogP contribution is -2.42. The summed E-state index contributed by atoms with van der Waals surface area (Å²) in [7, 11) is 0. The topological polar surface area (TPSA) is 53.3 Å². The molecule has 0 N–H and O–H groups in total. The van der Waals surface area contributed by atoms with Crippen LogP contribution in [-0.2, 0) is 9.53 Å². The number of amides is 1. The zero-order valence-electron chi connectivity index (χ0n) is 16.7. The Bertz CT molecular complexity index is 636. The fourth-order valence-corrected chi connectivity index (χ4v) is 3.74. The summed E-state index contributed by atoms with van der Waals surface area (Å²) in [5.74, 6) is -0.148. The van der Waals surface area contributed by atoms with Gasteiger partial charge in [-0.1, -0.05) is 50.1 Å². The van der Waals surface area contributed by atoms with Crippen molar-refractivity contribution in [2.75, 3.05) is 19.8 Å². The molecule has 3 heterocycles. The zero-order chi connectivity index (χ0) is 19.2. The molecule has 1 unspecified atom stereocenters. The van der Waals surface area contributed by atoms with Crippen LogP contribution in [0, 0.1) is 16.7 Å². The van der Waals surface area contributed by atoms with Crippen LogP contribution in [-0.4, -0.2) is 36.6 Å². The standard InChI is InChI=1S/C20H26N2O2.C2H6/c1-15-10-17-7-5-16(6-8-17)4-3-9-22(15)19(23)18(12-21)11-20(2)13-24-14-20;1-2/h4,10-11,15H,3,5-9,13-14H2,1-2H3;1-2H3/b16-4?,17-10?,18-11+;. The van der Waals surface area contributed by atoms with Gasteiger partial charge >= 0.3 is 0 Å². The summed E-state index contributed by atoms with van der Waals surface area (Å²) in [6.45, 7) is 9.92. The number of carbonyl (C=O) groups excluding carboxylic acids is 1. The van der Waals surface area contributed by atoms with Crippen LogP contribution in [0.15, 0.2) is 34.9 Å². The number of nitriles is 1. The van der Waals surface area contributed by atoms with Crippen LogP contribution in [0.2, 0.25) is 0 Å². The predicted octanol–water partition coefficient (Wildman–Crippen LogP) is 4.55. The highest BCUT2D eigenvalue weighted by Gasteiger charge is 2.34. The summed E-state index contributed by atoms with van der Waals surface area (Å²) in [5.41, 5.74) is 3.03. The van der Waals surface area contributed by atoms with Crippen LogP contribution >= 0.6 is 0 Å². The first-order chi connectivity index (χ1) is 12.5. The summed E-state index contributed by atoms with van der Waals surface area (Å²) in [6.07, 6.45) is 11.7. The number of ether oxygens (including phenoxy) is 1. The lowest BCUT2D eigenvalue weighted by Gasteiger charge is -2.36. The van der Waals surface area contributed by atoms with Crippen LogP contribution in [0.5, 0.6) is 0 Å². The Morgan fingerprint density at radius 3 is 2.42 bits per heavy atom. The van der Waals surface area contributed by atoms with E-state index in [9.17, 15) is 10.1 Å². The van der Waals surface area contributed by atoms with E-state index in [0.717, 1.165) is 32.1 Å². The number of nitrogens with zero attached hydrogens (tertiary/aromatic N) is 2. The van der Waals surface area contributed by atoms with Gasteiger partial charge in [0.05, 0.1) is 13.2 Å². The number of carbonyl (C=O) groups is 1. The quantitative estimate of drug-likeness (QED) is 0.414. The molecule has 4 heteroatoms. The molecule has 1 amide bonds. The Morgan fingerprint density at radius 1 is 1.27 bits per heavy atom. The van der Waals surface area contributed by atoms with Gasteiger partial charge in [0.2, 0.25) is 0 Å². The van der Waals surface area contributed by atoms with Gasteiger partial charge in [-0.05, 0) is 39.0 Å². The van der Waals surface area contributed by atoms with Crippen LogP contribution < -0.4 is 0 Å². The number of hydrogen-bond acceptors (Lipinski definition) is 3. The van der Waals surface area contributed by atoms with Gasteiger partial charge in [-0.3, -0.25) is 4.79 Å². The fourth-order valence-electron chi connectivity index (χ4n) is 3.74. The normalized spacial score (nSPS) is 25.0. The van der Waals surface area contributed by atoms with Crippen molar-refractivity contribution in [3.05, 3.63) is 34.9 Å². The first kappa shape index (κ1) is 20.5. The van der Waals surface area contributed by atoms with Crippen LogP contribution in [0.1, 0.15) is 59.8 Å². The van der Waals surface area contributed by atoms with Gasteiger partial charge in [0.1, 0.15) is 11.6 Å². The molecular weight excluding hydrogens is 324 g/mol. The van der Waals surface area contributed by atoms with E-state index in [1.165, 1.54) is 11.1 Å². The van der Waals surface area contributed by atoms with Crippen molar-refractivity contribution in [1.82, 2.24) is 4.90 Å². The maximum absolute atomic E-state index is 13.0. The highest BCUT2D eigenvalue weighted by Crippen LogP contribution is 2.31. The minimum Gasteiger partial charge on any atom is -0.379 e. The second-order valence-electron chi connectivity index (χ2n) is 7.53. The number of hydrogen-bond donors (Lipinski definition) is 0. The Kier molecular flexibility index (Phi) is 7.23. The second-order valence-corrected chi connectivity index (χ2v) is 7.53. The van der Waals surface area contributed by atoms with E-state index in [1.54, 1.807) is 0 Å². The monoisotopic (exact) mass is 356 g/mol. The van der Waals surface area contributed by atoms with E-state index in [1.807, 2.05) is 31.7 Å². The van der Waals surface area contributed by atoms with Crippen LogP contribution in [0.25, 0.3) is 0 Å². The van der Waals surface area contributed by atoms with Crippen molar-refractivity contribution >= 4 is 5.91 Å². The van der Waals surface area contributed by atoms with Gasteiger partial charge in [0.25, 0.3) is 5.91 Å². The van der Waals surface area contributed by atoms with Crippen molar-refractivity contribution in [1.29, 1.82) is 5.26 Å². The van der Waals surface area contributed by atoms with E-state index < -0.39 is 0 Å². The smallest absolute Gasteiger partial charge is 0.264 e. The highest BCUT2D eigenvalue weighted by molar-refractivity contribution is 5.97. The maximum Gasteiger partial charge on any atom is 0.264 e. The maximum atomic E-state index is 13.0. The largest absolute Gasteiger partial charge is 0.379 e. The zero-order valence-corrected chi connectivity index (χ0v) is 16.7. The average molecular weight is 357 g/mol. The van der Waals surface area contributed by atoms with Gasteiger partial charge in [-0.25, -0.2) is 0 Å². The Balaban J connectivity index is 0.00000117. The fraction of sp³-hybridized carbons (Fsp3) is 0.636. The van der Waals surface area contributed by atoms with E-state index >= 15 is 0 Å². The van der Waals surface area contributed by atoms with Gasteiger partial charge in [0, 0.05) is 18.0 Å². The Labute approximate surface area is 158 Å². The third-order valence-electron chi connectivity index (χ3n) is 5.27. The van der Waals surface area contributed by atoms with Crippen LogP contribution in [0.4, 0.5) is 0 Å². The number of rotatable bonds is 2. The van der Waals surface area contributed by atoms with E-state index in [-0.39, 0.29) is 22.9 Å². The van der Waals surface area contributed by atoms with Crippen molar-refractivity contribution in [2.45, 2.75) is 65.8 Å². The second kappa shape index (κ2) is 9.19. The van der Waals surface area contributed by atoms with E-state index in [0.29, 0.717) is 19.8 Å². The molecule has 0 aromatic heterocycles. The molecule has 1 saturated heterocycles. The van der Waals surface area contributed by atoms with Crippen molar-refractivity contribution in [3.63, 3.8) is 0 Å². The van der Waals surface area contributed by atoms with E-state index in [2.05, 4.69) is 25.1 Å². The summed E-state index contributed by atoms with van der Waals surface area (Å²) < 4.78 is 5.23. The molecule has 0 spiro atoms. The molecule has 3 aliphatic heterocycles. The van der Waals surface area contributed by atoms with E-state index in [4.69, 9.17) is 4.74 Å². The Hall–Kier alpha value is -1.86. The lowest BCUT2D eigenvalue weighted by atomic mass is 9.86. The predicted molar refractivity (Wildman–Crippen MR) is 104 cm³/mol.